The van der Waals surface area contributed by atoms with Crippen molar-refractivity contribution in [3.8, 4) is 68.6 Å². The highest BCUT2D eigenvalue weighted by Gasteiger charge is 2.28. The Morgan fingerprint density at radius 2 is 0.552 bits per heavy atom. The van der Waals surface area contributed by atoms with Crippen molar-refractivity contribution in [3.05, 3.63) is 281 Å². The predicted octanol–water partition coefficient (Wildman–Crippen LogP) is 15.6. The summed E-state index contributed by atoms with van der Waals surface area (Å²) in [4.78, 5) is 0. The topological polar surface area (TPSA) is 320 Å². The van der Waals surface area contributed by atoms with Crippen molar-refractivity contribution in [2.75, 3.05) is 28.4 Å². The predicted molar refractivity (Wildman–Crippen MR) is 409 cm³/mol. The van der Waals surface area contributed by atoms with Crippen LogP contribution in [-0.2, 0) is 108 Å². The highest BCUT2D eigenvalue weighted by Crippen LogP contribution is 2.41. The lowest BCUT2D eigenvalue weighted by Gasteiger charge is -2.29. The van der Waals surface area contributed by atoms with Crippen LogP contribution in [0.25, 0.3) is 11.1 Å². The van der Waals surface area contributed by atoms with Gasteiger partial charge in [-0.3, -0.25) is 0 Å². The molecule has 0 atom stereocenters. The van der Waals surface area contributed by atoms with Gasteiger partial charge in [-0.2, -0.15) is 0 Å². The maximum absolute atomic E-state index is 10.8. The van der Waals surface area contributed by atoms with E-state index >= 15 is 0 Å². The number of para-hydroxylation sites is 2. The van der Waals surface area contributed by atoms with Crippen LogP contribution in [0.4, 0.5) is 0 Å². The average molecular weight is 1440 g/mol. The van der Waals surface area contributed by atoms with Crippen LogP contribution in [0.15, 0.2) is 164 Å². The van der Waals surface area contributed by atoms with E-state index in [2.05, 4.69) is 33.8 Å². The summed E-state index contributed by atoms with van der Waals surface area (Å²) in [7, 11) is 6.32. The highest BCUT2D eigenvalue weighted by molar-refractivity contribution is 5.71. The Morgan fingerprint density at radius 3 is 0.867 bits per heavy atom. The molecule has 0 saturated carbocycles. The summed E-state index contributed by atoms with van der Waals surface area (Å²) < 4.78 is 20.8. The zero-order chi connectivity index (χ0) is 77.5. The molecule has 105 heavy (non-hydrogen) atoms. The van der Waals surface area contributed by atoms with E-state index in [4.69, 9.17) is 18.9 Å². The van der Waals surface area contributed by atoms with E-state index in [-0.39, 0.29) is 110 Å². The molecule has 0 aromatic heterocycles. The molecule has 0 amide bonds. The molecule has 10 aromatic carbocycles. The molecule has 0 spiro atoms. The highest BCUT2D eigenvalue weighted by atomic mass is 16.5. The van der Waals surface area contributed by atoms with Gasteiger partial charge in [-0.1, -0.05) is 143 Å². The fraction of sp³-hybridized carbons (Fsp3) is 0.310. The fourth-order valence-electron chi connectivity index (χ4n) is 12.0. The molecule has 0 fully saturated rings. The van der Waals surface area contributed by atoms with E-state index in [0.29, 0.717) is 69.5 Å². The second-order valence-electron chi connectivity index (χ2n) is 27.5. The molecule has 0 radical (unpaired) electrons. The summed E-state index contributed by atoms with van der Waals surface area (Å²) in [6.45, 7) is 18.0. The summed E-state index contributed by atoms with van der Waals surface area (Å²) in [5.74, 6) is 1.69. The SMILES string of the molecule is CC(C)(c1cc(CO)c(O)c(CO)c1)c1cc(CO)c(O)c(CO)c1.CCc1cc(C(C)(C)C)ccc1O.COCc1cc(-c2cc(COC)c(O)c(COC)c2)cc(COC)c1O.Cc1ccc(O)c(Cc2cc(C)cc(Cc3cc(C)ccc3O)c2O)c1.Oc1ccccc1Cc1ccccc1O. The van der Waals surface area contributed by atoms with Crippen LogP contribution in [0.3, 0.4) is 0 Å². The molecule has 0 saturated heterocycles. The molecule has 0 bridgehead atoms. The van der Waals surface area contributed by atoms with Gasteiger partial charge >= 0.3 is 0 Å². The summed E-state index contributed by atoms with van der Waals surface area (Å²) in [5, 5.41) is 138. The zero-order valence-electron chi connectivity index (χ0n) is 62.5. The molecular weight excluding hydrogens is 1330 g/mol. The van der Waals surface area contributed by atoms with Crippen LogP contribution < -0.4 is 0 Å². The van der Waals surface area contributed by atoms with E-state index in [1.54, 1.807) is 95.2 Å². The fourth-order valence-corrected chi connectivity index (χ4v) is 12.0. The first-order valence-electron chi connectivity index (χ1n) is 34.4. The van der Waals surface area contributed by atoms with Gasteiger partial charge in [0.2, 0.25) is 0 Å². The number of aliphatic hydroxyl groups excluding tert-OH is 4. The molecule has 0 heterocycles. The lowest BCUT2D eigenvalue weighted by Crippen LogP contribution is -2.20. The third kappa shape index (κ3) is 22.7. The van der Waals surface area contributed by atoms with E-state index in [9.17, 15) is 71.5 Å². The van der Waals surface area contributed by atoms with Gasteiger partial charge in [0.05, 0.1) is 52.9 Å². The second-order valence-corrected chi connectivity index (χ2v) is 27.5. The second kappa shape index (κ2) is 39.1. The number of aryl methyl sites for hydroxylation is 4. The summed E-state index contributed by atoms with van der Waals surface area (Å²) in [6.07, 6.45) is 2.33. The molecule has 0 aliphatic heterocycles. The van der Waals surface area contributed by atoms with Gasteiger partial charge in [-0.15, -0.1) is 0 Å². The van der Waals surface area contributed by atoms with E-state index < -0.39 is 5.41 Å². The molecule has 0 aliphatic rings. The van der Waals surface area contributed by atoms with Gasteiger partial charge in [0.15, 0.2) is 0 Å². The Bertz CT molecular complexity index is 4160. The number of hydrogen-bond acceptors (Lipinski definition) is 18. The number of methoxy groups -OCH3 is 4. The monoisotopic (exact) mass is 1440 g/mol. The molecule has 10 rings (SSSR count). The van der Waals surface area contributed by atoms with Gasteiger partial charge in [-0.25, -0.2) is 0 Å². The number of phenolic OH excluding ortho intramolecular Hbond substituents is 8. The Balaban J connectivity index is 0.000000211. The van der Waals surface area contributed by atoms with Crippen LogP contribution in [0.5, 0.6) is 57.5 Å². The Labute approximate surface area is 616 Å². The largest absolute Gasteiger partial charge is 0.508 e. The molecule has 18 nitrogen and oxygen atoms in total. The van der Waals surface area contributed by atoms with Crippen LogP contribution >= 0.6 is 0 Å². The van der Waals surface area contributed by atoms with Crippen molar-refractivity contribution in [2.24, 2.45) is 0 Å². The maximum atomic E-state index is 10.8. The lowest BCUT2D eigenvalue weighted by atomic mass is 9.76. The van der Waals surface area contributed by atoms with Gasteiger partial charge in [0.1, 0.15) is 57.5 Å². The number of benzene rings is 10. The van der Waals surface area contributed by atoms with Crippen molar-refractivity contribution in [3.63, 3.8) is 0 Å². The molecule has 560 valence electrons. The van der Waals surface area contributed by atoms with Crippen molar-refractivity contribution in [2.45, 2.75) is 152 Å². The summed E-state index contributed by atoms with van der Waals surface area (Å²) >= 11 is 0. The first kappa shape index (κ1) is 83.8. The molecule has 0 unspecified atom stereocenters. The van der Waals surface area contributed by atoms with Crippen LogP contribution in [-0.4, -0.2) is 99.9 Å². The summed E-state index contributed by atoms with van der Waals surface area (Å²) in [6, 6.07) is 49.1. The average Bonchev–Trinajstić information content (AvgIpc) is 0.793. The minimum Gasteiger partial charge on any atom is -0.508 e. The van der Waals surface area contributed by atoms with E-state index in [0.717, 1.165) is 84.3 Å². The van der Waals surface area contributed by atoms with Crippen molar-refractivity contribution in [1.82, 2.24) is 0 Å². The van der Waals surface area contributed by atoms with Crippen LogP contribution in [0.1, 0.15) is 158 Å². The van der Waals surface area contributed by atoms with Crippen molar-refractivity contribution >= 4 is 0 Å². The molecule has 10 aromatic rings. The number of ether oxygens (including phenoxy) is 4. The van der Waals surface area contributed by atoms with E-state index in [1.807, 2.05) is 126 Å². The third-order valence-electron chi connectivity index (χ3n) is 18.1. The Morgan fingerprint density at radius 1 is 0.276 bits per heavy atom. The number of hydrogen-bond donors (Lipinski definition) is 14. The Kier molecular flexibility index (Phi) is 31.2. The minimum atomic E-state index is -0.636. The normalized spacial score (nSPS) is 11.1. The first-order chi connectivity index (χ1) is 49.9. The summed E-state index contributed by atoms with van der Waals surface area (Å²) in [5.41, 5.74) is 16.9. The number of rotatable bonds is 22. The smallest absolute Gasteiger partial charge is 0.126 e. The molecule has 0 aliphatic carbocycles. The number of phenols is 10. The third-order valence-corrected chi connectivity index (χ3v) is 18.1. The van der Waals surface area contributed by atoms with Crippen LogP contribution in [0.2, 0.25) is 0 Å². The quantitative estimate of drug-likeness (QED) is 0.0300. The maximum Gasteiger partial charge on any atom is 0.126 e. The standard InChI is InChI=1S/C23H24O3.C20H26O6.C19H24O6.C13H12O2.C12H18O/c1-14-4-6-21(24)17(8-14)12-19-10-16(3)11-20(23(19)26)13-18-9-15(2)5-7-22(18)25;1-23-9-15-5-13(6-16(10-24-2)19(15)21)14-7-17(11-25-3)20(22)18(8-14)12-26-4;1-19(2,15-3-11(7-20)17(24)12(4-15)8-21)16-5-13(9-22)18(25)14(6-16)10-23;14-12-7-3-1-5-10(12)9-11-6-2-4-8-13(11)15;1-5-9-8-10(12(2,3)4)6-7-11(9)13/h4-11,24-26H,12-13H2,1-3H3;5-8,21-22H,9-12H2,1-4H3;3-6,20-25H,7-10H2,1-2H3;1-8,14-15H,9H2;6-8,13H,5H2,1-4H3. The zero-order valence-corrected chi connectivity index (χ0v) is 62.5. The lowest BCUT2D eigenvalue weighted by molar-refractivity contribution is 0.174. The van der Waals surface area contributed by atoms with Crippen LogP contribution in [0, 0.1) is 20.8 Å². The first-order valence-corrected chi connectivity index (χ1v) is 34.4. The molecular formula is C87H104O18. The Hall–Kier alpha value is -10.1. The van der Waals surface area contributed by atoms with Gasteiger partial charge < -0.3 is 90.4 Å². The van der Waals surface area contributed by atoms with Crippen molar-refractivity contribution < 1.29 is 90.4 Å². The van der Waals surface area contributed by atoms with Gasteiger partial charge in [0, 0.05) is 97.6 Å². The number of aromatic hydroxyl groups is 10. The van der Waals surface area contributed by atoms with E-state index in [1.165, 1.54) is 5.56 Å². The van der Waals surface area contributed by atoms with Gasteiger partial charge in [0.25, 0.3) is 0 Å². The number of aliphatic hydroxyl groups is 4. The van der Waals surface area contributed by atoms with Crippen molar-refractivity contribution in [1.29, 1.82) is 0 Å². The van der Waals surface area contributed by atoms with Gasteiger partial charge in [-0.05, 0) is 178 Å². The molecule has 18 heteroatoms. The minimum absolute atomic E-state index is 0.137. The molecule has 14 N–H and O–H groups in total.